The van der Waals surface area contributed by atoms with Crippen molar-refractivity contribution in [3.05, 3.63) is 29.9 Å². The molecule has 0 aliphatic heterocycles. The average Bonchev–Trinajstić information content (AvgIpc) is 2.81. The summed E-state index contributed by atoms with van der Waals surface area (Å²) in [7, 11) is 0. The molecule has 0 atom stereocenters. The number of carbonyl (C=O) groups is 1. The van der Waals surface area contributed by atoms with Crippen LogP contribution in [-0.2, 0) is 0 Å². The van der Waals surface area contributed by atoms with Gasteiger partial charge in [-0.25, -0.2) is 9.97 Å². The molecule has 2 N–H and O–H groups in total. The molecule has 2 heterocycles. The molecule has 0 radical (unpaired) electrons. The number of nitrogens with one attached hydrogen (secondary N) is 2. The van der Waals surface area contributed by atoms with Crippen LogP contribution in [0.5, 0.6) is 0 Å². The van der Waals surface area contributed by atoms with Crippen molar-refractivity contribution in [3.8, 4) is 0 Å². The van der Waals surface area contributed by atoms with Crippen LogP contribution in [0.1, 0.15) is 23.1 Å². The number of aromatic nitrogens is 3. The molecule has 94 valence electrons. The van der Waals surface area contributed by atoms with Crippen LogP contribution in [0.25, 0.3) is 0 Å². The Morgan fingerprint density at radius 2 is 2.28 bits per heavy atom. The van der Waals surface area contributed by atoms with Gasteiger partial charge in [-0.3, -0.25) is 4.79 Å². The van der Waals surface area contributed by atoms with E-state index in [0.29, 0.717) is 23.9 Å². The first-order valence-electron chi connectivity index (χ1n) is 5.49. The van der Waals surface area contributed by atoms with Crippen LogP contribution >= 0.6 is 0 Å². The van der Waals surface area contributed by atoms with Gasteiger partial charge in [0.2, 0.25) is 5.95 Å². The zero-order valence-electron chi connectivity index (χ0n) is 10.1. The first-order chi connectivity index (χ1) is 8.69. The summed E-state index contributed by atoms with van der Waals surface area (Å²) in [5, 5.41) is 9.09. The van der Waals surface area contributed by atoms with Crippen molar-refractivity contribution in [1.82, 2.24) is 15.1 Å². The third-order valence-corrected chi connectivity index (χ3v) is 2.11. The van der Waals surface area contributed by atoms with E-state index in [0.717, 1.165) is 5.69 Å². The predicted octanol–water partition coefficient (Wildman–Crippen LogP) is 1.46. The summed E-state index contributed by atoms with van der Waals surface area (Å²) < 4.78 is 4.63. The van der Waals surface area contributed by atoms with Crippen molar-refractivity contribution in [1.29, 1.82) is 0 Å². The quantitative estimate of drug-likeness (QED) is 0.849. The van der Waals surface area contributed by atoms with Gasteiger partial charge in [-0.05, 0) is 19.9 Å². The second-order valence-electron chi connectivity index (χ2n) is 3.62. The van der Waals surface area contributed by atoms with Gasteiger partial charge in [0.1, 0.15) is 17.6 Å². The smallest absolute Gasteiger partial charge is 0.274 e. The van der Waals surface area contributed by atoms with Gasteiger partial charge in [0.25, 0.3) is 5.91 Å². The van der Waals surface area contributed by atoms with Crippen LogP contribution in [0, 0.1) is 6.92 Å². The monoisotopic (exact) mass is 247 g/mol. The molecule has 0 saturated heterocycles. The number of nitrogens with zero attached hydrogens (tertiary/aromatic N) is 3. The van der Waals surface area contributed by atoms with Crippen molar-refractivity contribution < 1.29 is 9.32 Å². The Bertz CT molecular complexity index is 538. The molecule has 0 aliphatic carbocycles. The van der Waals surface area contributed by atoms with E-state index in [1.54, 1.807) is 13.0 Å². The second kappa shape index (κ2) is 5.26. The molecule has 7 heteroatoms. The first kappa shape index (κ1) is 12.0. The molecular weight excluding hydrogens is 234 g/mol. The van der Waals surface area contributed by atoms with Gasteiger partial charge in [-0.1, -0.05) is 5.16 Å². The number of rotatable bonds is 4. The van der Waals surface area contributed by atoms with Crippen LogP contribution < -0.4 is 10.6 Å². The Morgan fingerprint density at radius 3 is 2.94 bits per heavy atom. The fourth-order valence-corrected chi connectivity index (χ4v) is 1.38. The summed E-state index contributed by atoms with van der Waals surface area (Å²) in [6.45, 7) is 4.43. The molecule has 0 spiro atoms. The summed E-state index contributed by atoms with van der Waals surface area (Å²) in [5.74, 6) is 0.107. The van der Waals surface area contributed by atoms with Gasteiger partial charge >= 0.3 is 0 Å². The minimum atomic E-state index is -0.331. The van der Waals surface area contributed by atoms with E-state index >= 15 is 0 Å². The molecule has 2 aromatic heterocycles. The number of hydrogen-bond donors (Lipinski definition) is 2. The number of amides is 1. The summed E-state index contributed by atoms with van der Waals surface area (Å²) in [6.07, 6.45) is 2.76. The maximum absolute atomic E-state index is 11.9. The minimum absolute atomic E-state index is 0.291. The molecule has 0 aliphatic rings. The summed E-state index contributed by atoms with van der Waals surface area (Å²) in [5.41, 5.74) is 1.50. The van der Waals surface area contributed by atoms with Crippen molar-refractivity contribution in [3.63, 3.8) is 0 Å². The molecule has 0 saturated carbocycles. The Morgan fingerprint density at radius 1 is 1.44 bits per heavy atom. The SMILES string of the molecule is CCNc1nc(C)cc(C(=O)Nc2cnoc2)n1. The van der Waals surface area contributed by atoms with Crippen LogP contribution in [-0.4, -0.2) is 27.6 Å². The highest BCUT2D eigenvalue weighted by atomic mass is 16.5. The molecule has 7 nitrogen and oxygen atoms in total. The maximum atomic E-state index is 11.9. The largest absolute Gasteiger partial charge is 0.363 e. The van der Waals surface area contributed by atoms with E-state index in [2.05, 4.69) is 30.3 Å². The Balaban J connectivity index is 2.19. The molecule has 18 heavy (non-hydrogen) atoms. The Labute approximate surface area is 104 Å². The van der Waals surface area contributed by atoms with Crippen molar-refractivity contribution >= 4 is 17.5 Å². The van der Waals surface area contributed by atoms with E-state index in [1.807, 2.05) is 6.92 Å². The highest BCUT2D eigenvalue weighted by Gasteiger charge is 2.11. The third kappa shape index (κ3) is 2.82. The molecule has 0 unspecified atom stereocenters. The van der Waals surface area contributed by atoms with Gasteiger partial charge in [0, 0.05) is 12.2 Å². The fourth-order valence-electron chi connectivity index (χ4n) is 1.38. The molecule has 0 fully saturated rings. The van der Waals surface area contributed by atoms with Crippen LogP contribution in [0.4, 0.5) is 11.6 Å². The number of aryl methyl sites for hydroxylation is 1. The molecule has 1 amide bonds. The van der Waals surface area contributed by atoms with Crippen molar-refractivity contribution in [2.24, 2.45) is 0 Å². The van der Waals surface area contributed by atoms with E-state index in [9.17, 15) is 4.79 Å². The number of carbonyl (C=O) groups excluding carboxylic acids is 1. The van der Waals surface area contributed by atoms with Gasteiger partial charge in [0.05, 0.1) is 6.20 Å². The van der Waals surface area contributed by atoms with Crippen LogP contribution in [0.2, 0.25) is 0 Å². The highest BCUT2D eigenvalue weighted by Crippen LogP contribution is 2.09. The fraction of sp³-hybridized carbons (Fsp3) is 0.273. The van der Waals surface area contributed by atoms with E-state index in [1.165, 1.54) is 12.5 Å². The molecule has 2 rings (SSSR count). The Hall–Kier alpha value is -2.44. The van der Waals surface area contributed by atoms with E-state index in [-0.39, 0.29) is 5.91 Å². The topological polar surface area (TPSA) is 92.9 Å². The molecular formula is C11H13N5O2. The van der Waals surface area contributed by atoms with Gasteiger partial charge in [-0.2, -0.15) is 0 Å². The average molecular weight is 247 g/mol. The van der Waals surface area contributed by atoms with Gasteiger partial charge < -0.3 is 15.2 Å². The van der Waals surface area contributed by atoms with Crippen LogP contribution in [0.3, 0.4) is 0 Å². The van der Waals surface area contributed by atoms with E-state index < -0.39 is 0 Å². The zero-order valence-corrected chi connectivity index (χ0v) is 10.1. The summed E-state index contributed by atoms with van der Waals surface area (Å²) in [6, 6.07) is 1.61. The molecule has 2 aromatic rings. The lowest BCUT2D eigenvalue weighted by molar-refractivity contribution is 0.102. The van der Waals surface area contributed by atoms with Crippen molar-refractivity contribution in [2.75, 3.05) is 17.2 Å². The third-order valence-electron chi connectivity index (χ3n) is 2.11. The number of anilines is 2. The standard InChI is InChI=1S/C11H13N5O2/c1-3-12-11-14-7(2)4-9(16-11)10(17)15-8-5-13-18-6-8/h4-6H,3H2,1-2H3,(H,15,17)(H,12,14,16). The second-order valence-corrected chi connectivity index (χ2v) is 3.62. The normalized spacial score (nSPS) is 10.1. The lowest BCUT2D eigenvalue weighted by atomic mass is 10.3. The molecule has 0 aromatic carbocycles. The lowest BCUT2D eigenvalue weighted by Gasteiger charge is -2.06. The lowest BCUT2D eigenvalue weighted by Crippen LogP contribution is -2.15. The van der Waals surface area contributed by atoms with E-state index in [4.69, 9.17) is 0 Å². The summed E-state index contributed by atoms with van der Waals surface area (Å²) >= 11 is 0. The minimum Gasteiger partial charge on any atom is -0.363 e. The maximum Gasteiger partial charge on any atom is 0.274 e. The zero-order chi connectivity index (χ0) is 13.0. The molecule has 0 bridgehead atoms. The predicted molar refractivity (Wildman–Crippen MR) is 65.4 cm³/mol. The van der Waals surface area contributed by atoms with Crippen LogP contribution in [0.15, 0.2) is 23.0 Å². The Kier molecular flexibility index (Phi) is 3.52. The summed E-state index contributed by atoms with van der Waals surface area (Å²) in [4.78, 5) is 20.2. The van der Waals surface area contributed by atoms with Gasteiger partial charge in [0.15, 0.2) is 0 Å². The van der Waals surface area contributed by atoms with Crippen molar-refractivity contribution in [2.45, 2.75) is 13.8 Å². The van der Waals surface area contributed by atoms with Gasteiger partial charge in [-0.15, -0.1) is 0 Å². The first-order valence-corrected chi connectivity index (χ1v) is 5.49. The highest BCUT2D eigenvalue weighted by molar-refractivity contribution is 6.02. The number of hydrogen-bond acceptors (Lipinski definition) is 6.